The number of alkyl halides is 3. The Hall–Kier alpha value is -2.68. The van der Waals surface area contributed by atoms with Gasteiger partial charge in [0.2, 0.25) is 5.91 Å². The second-order valence-corrected chi connectivity index (χ2v) is 8.74. The van der Waals surface area contributed by atoms with Gasteiger partial charge in [0.25, 0.3) is 0 Å². The fourth-order valence-electron chi connectivity index (χ4n) is 3.88. The van der Waals surface area contributed by atoms with Gasteiger partial charge in [-0.3, -0.25) is 4.79 Å². The van der Waals surface area contributed by atoms with Gasteiger partial charge in [0.15, 0.2) is 0 Å². The normalized spacial score (nSPS) is 17.1. The molecule has 3 aromatic rings. The topological polar surface area (TPSA) is 58.1 Å². The zero-order valence-corrected chi connectivity index (χ0v) is 17.7. The summed E-state index contributed by atoms with van der Waals surface area (Å²) in [6, 6.07) is 10.3. The van der Waals surface area contributed by atoms with E-state index in [1.807, 2.05) is 24.3 Å². The van der Waals surface area contributed by atoms with E-state index in [-0.39, 0.29) is 24.2 Å². The van der Waals surface area contributed by atoms with E-state index < -0.39 is 11.7 Å². The summed E-state index contributed by atoms with van der Waals surface area (Å²) in [6.07, 6.45) is -0.262. The van der Waals surface area contributed by atoms with Crippen molar-refractivity contribution in [1.82, 2.24) is 15.3 Å². The molecule has 1 atom stereocenters. The number of carbonyl (C=O) groups is 1. The highest BCUT2D eigenvalue weighted by atomic mass is 32.1. The minimum Gasteiger partial charge on any atom is -0.356 e. The predicted octanol–water partition coefficient (Wildman–Crippen LogP) is 4.68. The van der Waals surface area contributed by atoms with Crippen LogP contribution in [0.3, 0.4) is 0 Å². The predicted molar refractivity (Wildman–Crippen MR) is 115 cm³/mol. The van der Waals surface area contributed by atoms with E-state index in [1.54, 1.807) is 16.2 Å². The second-order valence-electron chi connectivity index (χ2n) is 7.63. The maximum Gasteiger partial charge on any atom is 0.419 e. The Balaban J connectivity index is 1.30. The highest BCUT2D eigenvalue weighted by Gasteiger charge is 2.37. The van der Waals surface area contributed by atoms with Crippen molar-refractivity contribution in [3.8, 4) is 0 Å². The molecule has 5 nitrogen and oxygen atoms in total. The standard InChI is InChI=1S/C22H23F3N4OS/c23-22(24,25)16-7-3-11-26-20(16)29-13-5-6-15(14-29)21(30)27-12-4-10-19-28-17-8-1-2-9-18(17)31-19/h1-3,7-9,11,15H,4-6,10,12-14H2,(H,27,30). The molecule has 2 aromatic heterocycles. The van der Waals surface area contributed by atoms with Crippen molar-refractivity contribution < 1.29 is 18.0 Å². The lowest BCUT2D eigenvalue weighted by molar-refractivity contribution is -0.137. The number of amides is 1. The van der Waals surface area contributed by atoms with E-state index in [1.165, 1.54) is 12.3 Å². The highest BCUT2D eigenvalue weighted by Crippen LogP contribution is 2.36. The number of para-hydroxylation sites is 1. The Morgan fingerprint density at radius 1 is 1.23 bits per heavy atom. The fraction of sp³-hybridized carbons (Fsp3) is 0.409. The summed E-state index contributed by atoms with van der Waals surface area (Å²) in [5, 5.41) is 3.98. The first-order valence-corrected chi connectivity index (χ1v) is 11.1. The average Bonchev–Trinajstić information content (AvgIpc) is 3.19. The summed E-state index contributed by atoms with van der Waals surface area (Å²) < 4.78 is 41.1. The third kappa shape index (κ3) is 5.15. The molecule has 0 aliphatic carbocycles. The molecule has 1 aliphatic heterocycles. The molecule has 1 aromatic carbocycles. The van der Waals surface area contributed by atoms with Crippen LogP contribution in [0, 0.1) is 5.92 Å². The molecule has 31 heavy (non-hydrogen) atoms. The largest absolute Gasteiger partial charge is 0.419 e. The number of hydrogen-bond acceptors (Lipinski definition) is 5. The van der Waals surface area contributed by atoms with Crippen LogP contribution in [-0.4, -0.2) is 35.5 Å². The van der Waals surface area contributed by atoms with Crippen LogP contribution in [0.15, 0.2) is 42.6 Å². The van der Waals surface area contributed by atoms with Crippen molar-refractivity contribution in [2.45, 2.75) is 31.9 Å². The number of fused-ring (bicyclic) bond motifs is 1. The minimum atomic E-state index is -4.47. The maximum atomic E-state index is 13.3. The van der Waals surface area contributed by atoms with E-state index in [9.17, 15) is 18.0 Å². The second kappa shape index (κ2) is 9.21. The smallest absolute Gasteiger partial charge is 0.356 e. The SMILES string of the molecule is O=C(NCCCc1nc2ccccc2s1)C1CCCN(c2ncccc2C(F)(F)F)C1. The number of carbonyl (C=O) groups excluding carboxylic acids is 1. The quantitative estimate of drug-likeness (QED) is 0.557. The van der Waals surface area contributed by atoms with Crippen molar-refractivity contribution in [2.75, 3.05) is 24.5 Å². The molecule has 1 saturated heterocycles. The molecule has 0 spiro atoms. The Morgan fingerprint density at radius 3 is 2.87 bits per heavy atom. The van der Waals surface area contributed by atoms with Gasteiger partial charge in [-0.15, -0.1) is 11.3 Å². The molecule has 9 heteroatoms. The number of halogens is 3. The average molecular weight is 449 g/mol. The molecule has 1 fully saturated rings. The van der Waals surface area contributed by atoms with Gasteiger partial charge in [-0.05, 0) is 43.5 Å². The Morgan fingerprint density at radius 2 is 2.06 bits per heavy atom. The summed E-state index contributed by atoms with van der Waals surface area (Å²) in [6.45, 7) is 1.22. The molecule has 164 valence electrons. The van der Waals surface area contributed by atoms with Crippen LogP contribution in [0.4, 0.5) is 19.0 Å². The van der Waals surface area contributed by atoms with Crippen LogP contribution in [-0.2, 0) is 17.4 Å². The third-order valence-corrected chi connectivity index (χ3v) is 6.48. The fourth-order valence-corrected chi connectivity index (χ4v) is 4.89. The van der Waals surface area contributed by atoms with Gasteiger partial charge in [-0.25, -0.2) is 9.97 Å². The molecule has 3 heterocycles. The summed E-state index contributed by atoms with van der Waals surface area (Å²) in [5.41, 5.74) is 0.230. The molecule has 4 rings (SSSR count). The number of nitrogens with zero attached hydrogens (tertiary/aromatic N) is 3. The lowest BCUT2D eigenvalue weighted by atomic mass is 9.96. The van der Waals surface area contributed by atoms with Crippen LogP contribution >= 0.6 is 11.3 Å². The monoisotopic (exact) mass is 448 g/mol. The van der Waals surface area contributed by atoms with E-state index in [0.717, 1.165) is 34.1 Å². The first-order chi connectivity index (χ1) is 14.9. The van der Waals surface area contributed by atoms with E-state index in [4.69, 9.17) is 0 Å². The van der Waals surface area contributed by atoms with Gasteiger partial charge in [-0.1, -0.05) is 12.1 Å². The number of nitrogens with one attached hydrogen (secondary N) is 1. The summed E-state index contributed by atoms with van der Waals surface area (Å²) in [7, 11) is 0. The summed E-state index contributed by atoms with van der Waals surface area (Å²) in [5.74, 6) is -0.555. The van der Waals surface area contributed by atoms with E-state index >= 15 is 0 Å². The number of piperidine rings is 1. The number of hydrogen-bond donors (Lipinski definition) is 1. The van der Waals surface area contributed by atoms with Crippen molar-refractivity contribution >= 4 is 33.3 Å². The van der Waals surface area contributed by atoms with Crippen molar-refractivity contribution in [2.24, 2.45) is 5.92 Å². The van der Waals surface area contributed by atoms with E-state index in [0.29, 0.717) is 25.9 Å². The zero-order chi connectivity index (χ0) is 21.8. The Bertz CT molecular complexity index is 1020. The summed E-state index contributed by atoms with van der Waals surface area (Å²) in [4.78, 5) is 22.7. The Labute approximate surface area is 182 Å². The molecule has 0 bridgehead atoms. The van der Waals surface area contributed by atoms with Crippen molar-refractivity contribution in [3.63, 3.8) is 0 Å². The number of pyridine rings is 1. The maximum absolute atomic E-state index is 13.3. The van der Waals surface area contributed by atoms with Crippen LogP contribution in [0.25, 0.3) is 10.2 Å². The lowest BCUT2D eigenvalue weighted by Gasteiger charge is -2.34. The first kappa shape index (κ1) is 21.5. The molecule has 0 radical (unpaired) electrons. The molecule has 1 N–H and O–H groups in total. The van der Waals surface area contributed by atoms with Crippen LogP contribution in [0.1, 0.15) is 29.8 Å². The van der Waals surface area contributed by atoms with Gasteiger partial charge in [-0.2, -0.15) is 13.2 Å². The van der Waals surface area contributed by atoms with Crippen LogP contribution < -0.4 is 10.2 Å². The number of rotatable bonds is 6. The molecule has 0 saturated carbocycles. The van der Waals surface area contributed by atoms with E-state index in [2.05, 4.69) is 15.3 Å². The van der Waals surface area contributed by atoms with Crippen LogP contribution in [0.2, 0.25) is 0 Å². The molecule has 1 aliphatic rings. The van der Waals surface area contributed by atoms with Crippen molar-refractivity contribution in [3.05, 3.63) is 53.2 Å². The van der Waals surface area contributed by atoms with Crippen molar-refractivity contribution in [1.29, 1.82) is 0 Å². The van der Waals surface area contributed by atoms with Gasteiger partial charge in [0.05, 0.1) is 26.7 Å². The molecular weight excluding hydrogens is 425 g/mol. The van der Waals surface area contributed by atoms with Gasteiger partial charge in [0, 0.05) is 32.3 Å². The third-order valence-electron chi connectivity index (χ3n) is 5.39. The number of thiazole rings is 1. The number of aromatic nitrogens is 2. The lowest BCUT2D eigenvalue weighted by Crippen LogP contribution is -2.44. The van der Waals surface area contributed by atoms with Crippen LogP contribution in [0.5, 0.6) is 0 Å². The highest BCUT2D eigenvalue weighted by molar-refractivity contribution is 7.18. The first-order valence-electron chi connectivity index (χ1n) is 10.3. The molecule has 1 unspecified atom stereocenters. The summed E-state index contributed by atoms with van der Waals surface area (Å²) >= 11 is 1.66. The number of benzene rings is 1. The molecule has 1 amide bonds. The van der Waals surface area contributed by atoms with Gasteiger partial charge in [0.1, 0.15) is 5.82 Å². The Kier molecular flexibility index (Phi) is 6.41. The molecular formula is C22H23F3N4OS. The number of aryl methyl sites for hydroxylation is 1. The minimum absolute atomic E-state index is 0.0941. The van der Waals surface area contributed by atoms with Gasteiger partial charge >= 0.3 is 6.18 Å². The zero-order valence-electron chi connectivity index (χ0n) is 16.9. The van der Waals surface area contributed by atoms with Gasteiger partial charge < -0.3 is 10.2 Å². The number of anilines is 1.